The summed E-state index contributed by atoms with van der Waals surface area (Å²) in [6, 6.07) is 0. The van der Waals surface area contributed by atoms with Crippen LogP contribution in [0.25, 0.3) is 0 Å². The first-order valence-electron chi connectivity index (χ1n) is 5.76. The highest BCUT2D eigenvalue weighted by atomic mass is 19.4. The summed E-state index contributed by atoms with van der Waals surface area (Å²) in [5.74, 6) is -2.28. The molecular formula is C12H15F3O6. The second-order valence-electron chi connectivity index (χ2n) is 3.95. The highest BCUT2D eigenvalue weighted by molar-refractivity contribution is 5.94. The lowest BCUT2D eigenvalue weighted by Gasteiger charge is -2.10. The van der Waals surface area contributed by atoms with Crippen LogP contribution in [-0.2, 0) is 28.6 Å². The zero-order valence-electron chi connectivity index (χ0n) is 11.3. The highest BCUT2D eigenvalue weighted by Gasteiger charge is 2.29. The first kappa shape index (κ1) is 19.1. The molecule has 0 aliphatic heterocycles. The minimum Gasteiger partial charge on any atom is -0.463 e. The van der Waals surface area contributed by atoms with Crippen molar-refractivity contribution in [2.45, 2.75) is 19.5 Å². The maximum Gasteiger partial charge on any atom is 0.422 e. The van der Waals surface area contributed by atoms with Gasteiger partial charge in [0.2, 0.25) is 0 Å². The van der Waals surface area contributed by atoms with E-state index in [1.807, 2.05) is 0 Å². The third-order valence-corrected chi connectivity index (χ3v) is 1.82. The van der Waals surface area contributed by atoms with Crippen LogP contribution in [0, 0.1) is 0 Å². The number of carbonyl (C=O) groups is 3. The molecule has 6 nitrogen and oxygen atoms in total. The number of halogens is 3. The lowest BCUT2D eigenvalue weighted by molar-refractivity contribution is -0.183. The fourth-order valence-electron chi connectivity index (χ4n) is 0.972. The Hall–Kier alpha value is -1.90. The van der Waals surface area contributed by atoms with E-state index in [-0.39, 0.29) is 37.6 Å². The van der Waals surface area contributed by atoms with E-state index in [0.29, 0.717) is 0 Å². The van der Waals surface area contributed by atoms with Crippen LogP contribution in [0.1, 0.15) is 13.3 Å². The first-order chi connectivity index (χ1) is 9.61. The molecule has 0 heterocycles. The lowest BCUT2D eigenvalue weighted by Crippen LogP contribution is -2.22. The first-order valence-corrected chi connectivity index (χ1v) is 5.76. The molecule has 9 heteroatoms. The van der Waals surface area contributed by atoms with E-state index in [9.17, 15) is 27.6 Å². The van der Waals surface area contributed by atoms with Gasteiger partial charge < -0.3 is 14.2 Å². The van der Waals surface area contributed by atoms with Crippen molar-refractivity contribution in [2.75, 3.05) is 26.4 Å². The molecule has 0 atom stereocenters. The number of carbonyl (C=O) groups excluding carboxylic acids is 3. The van der Waals surface area contributed by atoms with Gasteiger partial charge in [-0.3, -0.25) is 9.59 Å². The predicted octanol–water partition coefficient (Wildman–Crippen LogP) is 1.19. The standard InChI is InChI=1S/C12H15F3O6/c1-8(11(18)21-7-12(13,14)15)6-19-3-4-20-10(17)5-9(2)16/h1,3-7H2,2H3. The van der Waals surface area contributed by atoms with E-state index in [2.05, 4.69) is 16.1 Å². The Morgan fingerprint density at radius 2 is 1.71 bits per heavy atom. The van der Waals surface area contributed by atoms with Crippen LogP contribution in [0.4, 0.5) is 13.2 Å². The molecule has 0 unspecified atom stereocenters. The Kier molecular flexibility index (Phi) is 8.29. The summed E-state index contributed by atoms with van der Waals surface area (Å²) in [4.78, 5) is 32.6. The number of Topliss-reactive ketones (excluding diaryl/α,β-unsaturated/α-hetero) is 1. The van der Waals surface area contributed by atoms with Crippen molar-refractivity contribution in [3.05, 3.63) is 12.2 Å². The maximum absolute atomic E-state index is 11.8. The predicted molar refractivity (Wildman–Crippen MR) is 63.2 cm³/mol. The summed E-state index contributed by atoms with van der Waals surface area (Å²) >= 11 is 0. The Bertz CT molecular complexity index is 402. The smallest absolute Gasteiger partial charge is 0.422 e. The van der Waals surface area contributed by atoms with Gasteiger partial charge in [0.15, 0.2) is 6.61 Å². The molecule has 0 aromatic carbocycles. The number of rotatable bonds is 9. The Labute approximate surface area is 118 Å². The van der Waals surface area contributed by atoms with Gasteiger partial charge in [0.05, 0.1) is 18.8 Å². The van der Waals surface area contributed by atoms with Crippen molar-refractivity contribution >= 4 is 17.7 Å². The zero-order chi connectivity index (χ0) is 16.5. The van der Waals surface area contributed by atoms with Crippen LogP contribution >= 0.6 is 0 Å². The molecule has 0 aromatic heterocycles. The van der Waals surface area contributed by atoms with E-state index in [0.717, 1.165) is 0 Å². The summed E-state index contributed by atoms with van der Waals surface area (Å²) in [7, 11) is 0. The topological polar surface area (TPSA) is 78.9 Å². The minimum absolute atomic E-state index is 0.102. The van der Waals surface area contributed by atoms with Gasteiger partial charge in [-0.25, -0.2) is 4.79 Å². The van der Waals surface area contributed by atoms with Crippen molar-refractivity contribution in [1.82, 2.24) is 0 Å². The fourth-order valence-corrected chi connectivity index (χ4v) is 0.972. The SMILES string of the molecule is C=C(COCCOC(=O)CC(C)=O)C(=O)OCC(F)(F)F. The third-order valence-electron chi connectivity index (χ3n) is 1.82. The summed E-state index contributed by atoms with van der Waals surface area (Å²) in [5, 5.41) is 0. The molecular weight excluding hydrogens is 297 g/mol. The largest absolute Gasteiger partial charge is 0.463 e. The van der Waals surface area contributed by atoms with Crippen LogP contribution in [-0.4, -0.2) is 50.3 Å². The second-order valence-corrected chi connectivity index (χ2v) is 3.95. The maximum atomic E-state index is 11.8. The van der Waals surface area contributed by atoms with E-state index in [1.165, 1.54) is 6.92 Å². The second kappa shape index (κ2) is 9.11. The number of esters is 2. The quantitative estimate of drug-likeness (QED) is 0.275. The van der Waals surface area contributed by atoms with Crippen LogP contribution in [0.2, 0.25) is 0 Å². The molecule has 0 spiro atoms. The summed E-state index contributed by atoms with van der Waals surface area (Å²) in [5.41, 5.74) is -0.297. The summed E-state index contributed by atoms with van der Waals surface area (Å²) in [6.07, 6.45) is -4.96. The van der Waals surface area contributed by atoms with Gasteiger partial charge in [-0.1, -0.05) is 6.58 Å². The van der Waals surface area contributed by atoms with E-state index >= 15 is 0 Å². The van der Waals surface area contributed by atoms with Gasteiger partial charge >= 0.3 is 18.1 Å². The monoisotopic (exact) mass is 312 g/mol. The average molecular weight is 312 g/mol. The molecule has 0 saturated carbocycles. The number of hydrogen-bond donors (Lipinski definition) is 0. The number of hydrogen-bond acceptors (Lipinski definition) is 6. The number of ether oxygens (including phenoxy) is 3. The molecule has 120 valence electrons. The molecule has 0 aliphatic carbocycles. The van der Waals surface area contributed by atoms with Gasteiger partial charge in [-0.05, 0) is 6.92 Å². The molecule has 0 amide bonds. The van der Waals surface area contributed by atoms with Gasteiger partial charge in [0.25, 0.3) is 0 Å². The third kappa shape index (κ3) is 11.6. The van der Waals surface area contributed by atoms with Crippen molar-refractivity contribution < 1.29 is 41.8 Å². The van der Waals surface area contributed by atoms with Crippen molar-refractivity contribution in [1.29, 1.82) is 0 Å². The van der Waals surface area contributed by atoms with Crippen molar-refractivity contribution in [3.63, 3.8) is 0 Å². The van der Waals surface area contributed by atoms with E-state index in [4.69, 9.17) is 4.74 Å². The van der Waals surface area contributed by atoms with Crippen LogP contribution in [0.15, 0.2) is 12.2 Å². The Morgan fingerprint density at radius 3 is 2.24 bits per heavy atom. The highest BCUT2D eigenvalue weighted by Crippen LogP contribution is 2.15. The molecule has 0 saturated heterocycles. The molecule has 0 fully saturated rings. The molecule has 0 aliphatic rings. The number of ketones is 1. The zero-order valence-corrected chi connectivity index (χ0v) is 11.3. The molecule has 0 N–H and O–H groups in total. The normalized spacial score (nSPS) is 10.9. The molecule has 0 radical (unpaired) electrons. The van der Waals surface area contributed by atoms with Crippen LogP contribution < -0.4 is 0 Å². The molecule has 0 bridgehead atoms. The summed E-state index contributed by atoms with van der Waals surface area (Å²) in [6.45, 7) is 2.12. The van der Waals surface area contributed by atoms with E-state index < -0.39 is 24.7 Å². The van der Waals surface area contributed by atoms with Gasteiger partial charge in [-0.2, -0.15) is 13.2 Å². The van der Waals surface area contributed by atoms with Gasteiger partial charge in [-0.15, -0.1) is 0 Å². The van der Waals surface area contributed by atoms with Crippen LogP contribution in [0.3, 0.4) is 0 Å². The minimum atomic E-state index is -4.61. The Morgan fingerprint density at radius 1 is 1.10 bits per heavy atom. The average Bonchev–Trinajstić information content (AvgIpc) is 2.33. The van der Waals surface area contributed by atoms with Gasteiger partial charge in [0.1, 0.15) is 18.8 Å². The van der Waals surface area contributed by atoms with Crippen LogP contribution in [0.5, 0.6) is 0 Å². The molecule has 0 aromatic rings. The molecule has 0 rings (SSSR count). The molecule has 21 heavy (non-hydrogen) atoms. The Balaban J connectivity index is 3.73. The van der Waals surface area contributed by atoms with E-state index in [1.54, 1.807) is 0 Å². The van der Waals surface area contributed by atoms with Crippen molar-refractivity contribution in [2.24, 2.45) is 0 Å². The fraction of sp³-hybridized carbons (Fsp3) is 0.583. The summed E-state index contributed by atoms with van der Waals surface area (Å²) < 4.78 is 48.8. The lowest BCUT2D eigenvalue weighted by atomic mass is 10.3. The van der Waals surface area contributed by atoms with Crippen molar-refractivity contribution in [3.8, 4) is 0 Å². The van der Waals surface area contributed by atoms with Gasteiger partial charge in [0, 0.05) is 0 Å². The number of alkyl halides is 3.